The van der Waals surface area contributed by atoms with Crippen molar-refractivity contribution in [3.8, 4) is 11.6 Å². The van der Waals surface area contributed by atoms with Gasteiger partial charge in [-0.15, -0.1) is 0 Å². The summed E-state index contributed by atoms with van der Waals surface area (Å²) in [5.41, 5.74) is 1.44. The number of aromatic nitrogens is 6. The number of carbonyl (C=O) groups excluding carboxylic acids is 1. The van der Waals surface area contributed by atoms with Gasteiger partial charge in [-0.1, -0.05) is 37.3 Å². The van der Waals surface area contributed by atoms with Crippen molar-refractivity contribution in [3.63, 3.8) is 0 Å². The molecule has 1 aliphatic rings. The minimum atomic E-state index is -0.345. The molecule has 0 spiro atoms. The van der Waals surface area contributed by atoms with Crippen molar-refractivity contribution < 1.29 is 4.79 Å². The van der Waals surface area contributed by atoms with Crippen molar-refractivity contribution in [1.29, 1.82) is 0 Å². The summed E-state index contributed by atoms with van der Waals surface area (Å²) < 4.78 is 3.02. The van der Waals surface area contributed by atoms with Crippen molar-refractivity contribution in [2.75, 3.05) is 5.32 Å². The van der Waals surface area contributed by atoms with E-state index in [0.29, 0.717) is 39.9 Å². The fourth-order valence-electron chi connectivity index (χ4n) is 4.37. The molecule has 3 aromatic heterocycles. The summed E-state index contributed by atoms with van der Waals surface area (Å²) >= 11 is 6.00. The lowest BCUT2D eigenvalue weighted by atomic mass is 10.0. The molecule has 9 nitrogen and oxygen atoms in total. The number of aryl methyl sites for hydroxylation is 1. The Bertz CT molecular complexity index is 1360. The van der Waals surface area contributed by atoms with E-state index in [1.165, 1.54) is 36.6 Å². The molecule has 1 fully saturated rings. The molecular formula is C23H24ClN7O2. The number of aromatic amines is 1. The van der Waals surface area contributed by atoms with E-state index < -0.39 is 0 Å². The normalized spacial score (nSPS) is 14.2. The quantitative estimate of drug-likeness (QED) is 0.444. The maximum Gasteiger partial charge on any atom is 0.263 e. The van der Waals surface area contributed by atoms with Crippen LogP contribution in [0.25, 0.3) is 22.7 Å². The minimum absolute atomic E-state index is 0.0716. The molecule has 170 valence electrons. The lowest BCUT2D eigenvalue weighted by molar-refractivity contribution is -0.116. The molecule has 1 aliphatic carbocycles. The highest BCUT2D eigenvalue weighted by molar-refractivity contribution is 6.30. The molecule has 33 heavy (non-hydrogen) atoms. The Morgan fingerprint density at radius 3 is 2.73 bits per heavy atom. The summed E-state index contributed by atoms with van der Waals surface area (Å²) in [7, 11) is 0. The van der Waals surface area contributed by atoms with Crippen LogP contribution in [0.15, 0.2) is 41.3 Å². The fraction of sp³-hybridized carbons (Fsp3) is 0.348. The first kappa shape index (κ1) is 21.4. The first-order valence-electron chi connectivity index (χ1n) is 11.1. The number of hydrogen-bond acceptors (Lipinski definition) is 5. The molecule has 1 saturated carbocycles. The van der Waals surface area contributed by atoms with Gasteiger partial charge in [0.05, 0.1) is 17.6 Å². The van der Waals surface area contributed by atoms with Gasteiger partial charge >= 0.3 is 0 Å². The second kappa shape index (κ2) is 8.82. The van der Waals surface area contributed by atoms with Crippen molar-refractivity contribution in [1.82, 2.24) is 29.5 Å². The summed E-state index contributed by atoms with van der Waals surface area (Å²) in [6.07, 6.45) is 7.74. The molecule has 4 aromatic rings. The molecule has 0 radical (unpaired) electrons. The number of carbonyl (C=O) groups is 1. The number of benzene rings is 1. The van der Waals surface area contributed by atoms with Gasteiger partial charge < -0.3 is 5.32 Å². The molecule has 3 heterocycles. The van der Waals surface area contributed by atoms with E-state index in [-0.39, 0.29) is 17.4 Å². The molecule has 0 atom stereocenters. The van der Waals surface area contributed by atoms with Crippen LogP contribution in [0, 0.1) is 12.8 Å². The molecule has 0 unspecified atom stereocenters. The summed E-state index contributed by atoms with van der Waals surface area (Å²) in [6, 6.07) is 8.84. The molecule has 2 N–H and O–H groups in total. The van der Waals surface area contributed by atoms with Crippen molar-refractivity contribution in [2.45, 2.75) is 45.4 Å². The number of nitrogens with one attached hydrogen (secondary N) is 2. The third kappa shape index (κ3) is 4.41. The van der Waals surface area contributed by atoms with Crippen LogP contribution in [-0.2, 0) is 4.79 Å². The molecule has 0 saturated heterocycles. The van der Waals surface area contributed by atoms with E-state index in [1.54, 1.807) is 35.0 Å². The third-order valence-corrected chi connectivity index (χ3v) is 6.30. The van der Waals surface area contributed by atoms with Gasteiger partial charge in [-0.3, -0.25) is 14.6 Å². The summed E-state index contributed by atoms with van der Waals surface area (Å²) in [4.78, 5) is 32.7. The Labute approximate surface area is 194 Å². The third-order valence-electron chi connectivity index (χ3n) is 6.05. The molecule has 0 bridgehead atoms. The number of halogens is 1. The lowest BCUT2D eigenvalue weighted by Crippen LogP contribution is -2.19. The Hall–Kier alpha value is -3.46. The second-order valence-electron chi connectivity index (χ2n) is 8.48. The Morgan fingerprint density at radius 1 is 1.21 bits per heavy atom. The maximum atomic E-state index is 12.8. The highest BCUT2D eigenvalue weighted by Gasteiger charge is 2.19. The van der Waals surface area contributed by atoms with E-state index in [4.69, 9.17) is 11.6 Å². The van der Waals surface area contributed by atoms with E-state index in [1.807, 2.05) is 6.92 Å². The standard InChI is InChI=1S/C23H24ClN7O2/c1-14-12-19(26-20(32)11-6-15-4-2-3-5-15)31(29-14)23-27-21-18(22(33)28-23)13-25-30(21)17-9-7-16(24)8-10-17/h7-10,12-13,15H,2-6,11H2,1H3,(H,26,32)(H,27,28,33). The van der Waals surface area contributed by atoms with Gasteiger partial charge in [-0.05, 0) is 43.5 Å². The number of fused-ring (bicyclic) bond motifs is 1. The number of amides is 1. The Balaban J connectivity index is 1.46. The van der Waals surface area contributed by atoms with Gasteiger partial charge in [0.15, 0.2) is 5.65 Å². The summed E-state index contributed by atoms with van der Waals surface area (Å²) in [5, 5.41) is 12.6. The van der Waals surface area contributed by atoms with Gasteiger partial charge in [-0.2, -0.15) is 19.9 Å². The zero-order chi connectivity index (χ0) is 22.9. The molecule has 5 rings (SSSR count). The lowest BCUT2D eigenvalue weighted by Gasteiger charge is -2.10. The van der Waals surface area contributed by atoms with Crippen molar-refractivity contribution >= 4 is 34.4 Å². The van der Waals surface area contributed by atoms with E-state index in [2.05, 4.69) is 25.5 Å². The van der Waals surface area contributed by atoms with Crippen LogP contribution in [-0.4, -0.2) is 35.4 Å². The van der Waals surface area contributed by atoms with Gasteiger partial charge in [-0.25, -0.2) is 4.68 Å². The van der Waals surface area contributed by atoms with Crippen molar-refractivity contribution in [3.05, 3.63) is 57.6 Å². The average Bonchev–Trinajstić information content (AvgIpc) is 3.53. The Kier molecular flexibility index (Phi) is 5.72. The second-order valence-corrected chi connectivity index (χ2v) is 8.92. The topological polar surface area (TPSA) is 110 Å². The smallest absolute Gasteiger partial charge is 0.263 e. The Morgan fingerprint density at radius 2 is 1.97 bits per heavy atom. The molecule has 0 aliphatic heterocycles. The first-order chi connectivity index (χ1) is 16.0. The van der Waals surface area contributed by atoms with E-state index in [0.717, 1.165) is 12.1 Å². The number of anilines is 1. The number of nitrogens with zero attached hydrogens (tertiary/aromatic N) is 5. The zero-order valence-electron chi connectivity index (χ0n) is 18.2. The number of H-pyrrole nitrogens is 1. The SMILES string of the molecule is Cc1cc(NC(=O)CCC2CCCC2)n(-c2nc3c(cnn3-c3ccc(Cl)cc3)c(=O)[nH]2)n1. The summed E-state index contributed by atoms with van der Waals surface area (Å²) in [6.45, 7) is 1.82. The maximum absolute atomic E-state index is 12.8. The average molecular weight is 466 g/mol. The van der Waals surface area contributed by atoms with Gasteiger partial charge in [0.25, 0.3) is 5.56 Å². The zero-order valence-corrected chi connectivity index (χ0v) is 19.0. The van der Waals surface area contributed by atoms with Crippen LogP contribution < -0.4 is 10.9 Å². The van der Waals surface area contributed by atoms with Crippen LogP contribution in [0.1, 0.15) is 44.2 Å². The predicted octanol–water partition coefficient (Wildman–Crippen LogP) is 4.17. The van der Waals surface area contributed by atoms with Crippen LogP contribution in [0.3, 0.4) is 0 Å². The largest absolute Gasteiger partial charge is 0.310 e. The van der Waals surface area contributed by atoms with Gasteiger partial charge in [0.1, 0.15) is 11.2 Å². The van der Waals surface area contributed by atoms with Crippen LogP contribution in [0.2, 0.25) is 5.02 Å². The van der Waals surface area contributed by atoms with Gasteiger partial charge in [0, 0.05) is 17.5 Å². The monoisotopic (exact) mass is 465 g/mol. The molecule has 1 amide bonds. The van der Waals surface area contributed by atoms with Crippen molar-refractivity contribution in [2.24, 2.45) is 5.92 Å². The van der Waals surface area contributed by atoms with Crippen LogP contribution in [0.5, 0.6) is 0 Å². The fourth-order valence-corrected chi connectivity index (χ4v) is 4.49. The highest BCUT2D eigenvalue weighted by atomic mass is 35.5. The molecule has 1 aromatic carbocycles. The minimum Gasteiger partial charge on any atom is -0.310 e. The van der Waals surface area contributed by atoms with Crippen LogP contribution >= 0.6 is 11.6 Å². The number of rotatable bonds is 6. The number of hydrogen-bond donors (Lipinski definition) is 2. The van der Waals surface area contributed by atoms with Crippen LogP contribution in [0.4, 0.5) is 5.82 Å². The molecule has 10 heteroatoms. The summed E-state index contributed by atoms with van der Waals surface area (Å²) in [5.74, 6) is 1.22. The first-order valence-corrected chi connectivity index (χ1v) is 11.5. The van der Waals surface area contributed by atoms with Gasteiger partial charge in [0.2, 0.25) is 11.9 Å². The highest BCUT2D eigenvalue weighted by Crippen LogP contribution is 2.28. The van der Waals surface area contributed by atoms with E-state index in [9.17, 15) is 9.59 Å². The van der Waals surface area contributed by atoms with E-state index >= 15 is 0 Å². The molecular weight excluding hydrogens is 442 g/mol. The predicted molar refractivity (Wildman–Crippen MR) is 126 cm³/mol.